The zero-order chi connectivity index (χ0) is 14.9. The molecule has 0 aromatic heterocycles. The van der Waals surface area contributed by atoms with E-state index in [1.165, 1.54) is 6.07 Å². The molecule has 0 saturated carbocycles. The van der Waals surface area contributed by atoms with Crippen LogP contribution in [-0.2, 0) is 10.0 Å². The lowest BCUT2D eigenvalue weighted by atomic mass is 9.78. The van der Waals surface area contributed by atoms with E-state index in [0.717, 1.165) is 32.4 Å². The van der Waals surface area contributed by atoms with Crippen molar-refractivity contribution >= 4 is 22.4 Å². The third-order valence-electron chi connectivity index (χ3n) is 4.67. The summed E-state index contributed by atoms with van der Waals surface area (Å²) in [5.41, 5.74) is 0.525. The van der Waals surface area contributed by atoms with E-state index in [9.17, 15) is 8.42 Å². The van der Waals surface area contributed by atoms with Crippen molar-refractivity contribution in [3.05, 3.63) is 29.8 Å². The Hall–Kier alpha value is -1.13. The zero-order valence-corrected chi connectivity index (χ0v) is 13.9. The molecule has 5 nitrogen and oxygen atoms in total. The SMILES string of the molecule is Cl.N#Cc1cccc(S(=O)(=O)N2CCC3(CCNCC3)C2)c1. The third kappa shape index (κ3) is 3.13. The number of hydrogen-bond donors (Lipinski definition) is 1. The fourth-order valence-corrected chi connectivity index (χ4v) is 4.94. The van der Waals surface area contributed by atoms with Gasteiger partial charge in [0.1, 0.15) is 0 Å². The molecule has 7 heteroatoms. The minimum absolute atomic E-state index is 0. The van der Waals surface area contributed by atoms with Gasteiger partial charge < -0.3 is 5.32 Å². The van der Waals surface area contributed by atoms with Gasteiger partial charge in [-0.1, -0.05) is 6.07 Å². The van der Waals surface area contributed by atoms with Gasteiger partial charge in [0.05, 0.1) is 16.5 Å². The van der Waals surface area contributed by atoms with Gasteiger partial charge in [-0.25, -0.2) is 8.42 Å². The van der Waals surface area contributed by atoms with E-state index in [0.29, 0.717) is 18.7 Å². The van der Waals surface area contributed by atoms with Crippen LogP contribution in [0.3, 0.4) is 0 Å². The van der Waals surface area contributed by atoms with Crippen LogP contribution in [0, 0.1) is 16.7 Å². The van der Waals surface area contributed by atoms with Crippen molar-refractivity contribution in [2.75, 3.05) is 26.2 Å². The Bertz CT molecular complexity index is 678. The Kier molecular flexibility index (Phi) is 5.13. The van der Waals surface area contributed by atoms with Crippen molar-refractivity contribution in [3.8, 4) is 6.07 Å². The summed E-state index contributed by atoms with van der Waals surface area (Å²) < 4.78 is 27.1. The maximum absolute atomic E-state index is 12.7. The highest BCUT2D eigenvalue weighted by atomic mass is 35.5. The number of halogens is 1. The molecule has 2 saturated heterocycles. The Labute approximate surface area is 137 Å². The van der Waals surface area contributed by atoms with Crippen molar-refractivity contribution in [2.24, 2.45) is 5.41 Å². The van der Waals surface area contributed by atoms with E-state index in [4.69, 9.17) is 5.26 Å². The topological polar surface area (TPSA) is 73.2 Å². The van der Waals surface area contributed by atoms with Crippen LogP contribution in [-0.4, -0.2) is 38.9 Å². The maximum atomic E-state index is 12.7. The molecule has 0 radical (unpaired) electrons. The smallest absolute Gasteiger partial charge is 0.243 e. The zero-order valence-electron chi connectivity index (χ0n) is 12.3. The van der Waals surface area contributed by atoms with Crippen LogP contribution >= 0.6 is 12.4 Å². The Morgan fingerprint density at radius 3 is 2.64 bits per heavy atom. The fourth-order valence-electron chi connectivity index (χ4n) is 3.34. The van der Waals surface area contributed by atoms with Gasteiger partial charge in [0, 0.05) is 13.1 Å². The predicted octanol–water partition coefficient (Wildman–Crippen LogP) is 1.74. The molecule has 22 heavy (non-hydrogen) atoms. The number of nitriles is 1. The van der Waals surface area contributed by atoms with E-state index < -0.39 is 10.0 Å². The summed E-state index contributed by atoms with van der Waals surface area (Å²) in [7, 11) is -3.48. The van der Waals surface area contributed by atoms with E-state index in [1.54, 1.807) is 22.5 Å². The second-order valence-electron chi connectivity index (χ2n) is 5.98. The summed E-state index contributed by atoms with van der Waals surface area (Å²) in [5.74, 6) is 0. The minimum atomic E-state index is -3.48. The summed E-state index contributed by atoms with van der Waals surface area (Å²) in [6.45, 7) is 3.13. The third-order valence-corrected chi connectivity index (χ3v) is 6.51. The first-order chi connectivity index (χ1) is 10.1. The van der Waals surface area contributed by atoms with Crippen LogP contribution in [0.1, 0.15) is 24.8 Å². The van der Waals surface area contributed by atoms with E-state index in [-0.39, 0.29) is 22.7 Å². The molecule has 3 rings (SSSR count). The van der Waals surface area contributed by atoms with E-state index >= 15 is 0 Å². The second-order valence-corrected chi connectivity index (χ2v) is 7.92. The molecule has 2 heterocycles. The lowest BCUT2D eigenvalue weighted by Crippen LogP contribution is -2.39. The number of benzene rings is 1. The largest absolute Gasteiger partial charge is 0.317 e. The van der Waals surface area contributed by atoms with Crippen molar-refractivity contribution < 1.29 is 8.42 Å². The first-order valence-electron chi connectivity index (χ1n) is 7.27. The van der Waals surface area contributed by atoms with Crippen molar-refractivity contribution in [2.45, 2.75) is 24.2 Å². The van der Waals surface area contributed by atoms with Gasteiger partial charge in [0.2, 0.25) is 10.0 Å². The van der Waals surface area contributed by atoms with Gasteiger partial charge in [-0.15, -0.1) is 12.4 Å². The van der Waals surface area contributed by atoms with Crippen molar-refractivity contribution in [3.63, 3.8) is 0 Å². The highest BCUT2D eigenvalue weighted by Crippen LogP contribution is 2.40. The molecule has 1 spiro atoms. The summed E-state index contributed by atoms with van der Waals surface area (Å²) >= 11 is 0. The molecule has 120 valence electrons. The molecule has 2 aliphatic heterocycles. The molecule has 0 amide bonds. The number of piperidine rings is 1. The number of sulfonamides is 1. The van der Waals surface area contributed by atoms with Gasteiger partial charge in [-0.3, -0.25) is 0 Å². The fraction of sp³-hybridized carbons (Fsp3) is 0.533. The first kappa shape index (κ1) is 17.2. The number of hydrogen-bond acceptors (Lipinski definition) is 4. The molecular weight excluding hydrogens is 322 g/mol. The quantitative estimate of drug-likeness (QED) is 0.889. The molecule has 0 bridgehead atoms. The van der Waals surface area contributed by atoms with Crippen LogP contribution in [0.5, 0.6) is 0 Å². The van der Waals surface area contributed by atoms with Gasteiger partial charge in [0.25, 0.3) is 0 Å². The molecule has 1 aromatic rings. The molecule has 2 fully saturated rings. The standard InChI is InChI=1S/C15H19N3O2S.ClH/c16-11-13-2-1-3-14(10-13)21(19,20)18-9-6-15(12-18)4-7-17-8-5-15;/h1-3,10,17H,4-9,12H2;1H. The average Bonchev–Trinajstić information content (AvgIpc) is 2.92. The molecule has 0 aliphatic carbocycles. The summed E-state index contributed by atoms with van der Waals surface area (Å²) in [4.78, 5) is 0.229. The predicted molar refractivity (Wildman–Crippen MR) is 86.3 cm³/mol. The average molecular weight is 342 g/mol. The van der Waals surface area contributed by atoms with Crippen LogP contribution in [0.4, 0.5) is 0 Å². The maximum Gasteiger partial charge on any atom is 0.243 e. The first-order valence-corrected chi connectivity index (χ1v) is 8.71. The van der Waals surface area contributed by atoms with Crippen molar-refractivity contribution in [1.29, 1.82) is 5.26 Å². The Balaban J connectivity index is 0.00000176. The molecule has 0 unspecified atom stereocenters. The monoisotopic (exact) mass is 341 g/mol. The van der Waals surface area contributed by atoms with Gasteiger partial charge >= 0.3 is 0 Å². The number of rotatable bonds is 2. The van der Waals surface area contributed by atoms with E-state index in [1.807, 2.05) is 6.07 Å². The molecule has 1 N–H and O–H groups in total. The van der Waals surface area contributed by atoms with Crippen molar-refractivity contribution in [1.82, 2.24) is 9.62 Å². The molecule has 1 aromatic carbocycles. The minimum Gasteiger partial charge on any atom is -0.317 e. The molecule has 0 atom stereocenters. The summed E-state index contributed by atoms with van der Waals surface area (Å²) in [5, 5.41) is 12.3. The Morgan fingerprint density at radius 1 is 1.23 bits per heavy atom. The molecular formula is C15H20ClN3O2S. The highest BCUT2D eigenvalue weighted by Gasteiger charge is 2.43. The highest BCUT2D eigenvalue weighted by molar-refractivity contribution is 7.89. The van der Waals surface area contributed by atoms with Gasteiger partial charge in [-0.2, -0.15) is 9.57 Å². The summed E-state index contributed by atoms with van der Waals surface area (Å²) in [6, 6.07) is 8.28. The second kappa shape index (κ2) is 6.55. The van der Waals surface area contributed by atoms with Gasteiger partial charge in [0.15, 0.2) is 0 Å². The molecule has 2 aliphatic rings. The lowest BCUT2D eigenvalue weighted by molar-refractivity contribution is 0.218. The normalized spacial score (nSPS) is 21.2. The van der Waals surface area contributed by atoms with Crippen LogP contribution in [0.2, 0.25) is 0 Å². The van der Waals surface area contributed by atoms with Crippen LogP contribution in [0.15, 0.2) is 29.2 Å². The Morgan fingerprint density at radius 2 is 1.95 bits per heavy atom. The number of nitrogens with zero attached hydrogens (tertiary/aromatic N) is 2. The van der Waals surface area contributed by atoms with Gasteiger partial charge in [-0.05, 0) is 56.0 Å². The van der Waals surface area contributed by atoms with Crippen LogP contribution < -0.4 is 5.32 Å². The van der Waals surface area contributed by atoms with Crippen LogP contribution in [0.25, 0.3) is 0 Å². The summed E-state index contributed by atoms with van der Waals surface area (Å²) in [6.07, 6.45) is 3.01. The number of nitrogens with one attached hydrogen (secondary N) is 1. The lowest BCUT2D eigenvalue weighted by Gasteiger charge is -2.33. The van der Waals surface area contributed by atoms with E-state index in [2.05, 4.69) is 5.32 Å².